The molecule has 0 aliphatic heterocycles. The highest BCUT2D eigenvalue weighted by Gasteiger charge is 2.32. The summed E-state index contributed by atoms with van der Waals surface area (Å²) in [4.78, 5) is 19.2. The number of nitrogens with zero attached hydrogens (tertiary/aromatic N) is 3. The molecule has 1 N–H and O–H groups in total. The number of halogens is 4. The third-order valence-corrected chi connectivity index (χ3v) is 7.45. The smallest absolute Gasteiger partial charge is 0.335 e. The van der Waals surface area contributed by atoms with Crippen LogP contribution in [0.2, 0.25) is 0 Å². The van der Waals surface area contributed by atoms with Crippen LogP contribution in [0, 0.1) is 29.4 Å². The number of imidazole rings is 1. The van der Waals surface area contributed by atoms with Gasteiger partial charge < -0.3 is 19.3 Å². The topological polar surface area (TPSA) is 95.7 Å². The Bertz CT molecular complexity index is 1580. The lowest BCUT2D eigenvalue weighted by atomic mass is 9.84. The van der Waals surface area contributed by atoms with Crippen molar-refractivity contribution in [1.29, 1.82) is 0 Å². The van der Waals surface area contributed by atoms with E-state index in [1.54, 1.807) is 12.1 Å². The molecule has 5 rings (SSSR count). The van der Waals surface area contributed by atoms with Crippen LogP contribution in [0.25, 0.3) is 22.2 Å². The molecule has 1 unspecified atom stereocenters. The average molecular weight is 574 g/mol. The fourth-order valence-electron chi connectivity index (χ4n) is 5.45. The Hall–Kier alpha value is -4.35. The van der Waals surface area contributed by atoms with Crippen LogP contribution in [-0.4, -0.2) is 46.4 Å². The summed E-state index contributed by atoms with van der Waals surface area (Å²) in [7, 11) is 2.82. The first kappa shape index (κ1) is 28.2. The SMILES string of the molecule is COc1ccc(-c2ccc3c(nc(F)n3C(COc3c(F)cc(C(=O)O)cc3F)C3CCCCC3)c2F)c(OC)n1. The van der Waals surface area contributed by atoms with Crippen LogP contribution in [0.15, 0.2) is 36.4 Å². The number of aromatic carboxylic acids is 1. The van der Waals surface area contributed by atoms with Crippen LogP contribution in [-0.2, 0) is 0 Å². The van der Waals surface area contributed by atoms with Crippen molar-refractivity contribution >= 4 is 17.0 Å². The molecular weight excluding hydrogens is 546 g/mol. The van der Waals surface area contributed by atoms with Crippen molar-refractivity contribution in [3.05, 3.63) is 65.5 Å². The minimum absolute atomic E-state index is 0.0854. The summed E-state index contributed by atoms with van der Waals surface area (Å²) in [6.07, 6.45) is 3.16. The molecule has 1 aliphatic rings. The molecule has 1 aliphatic carbocycles. The van der Waals surface area contributed by atoms with Gasteiger partial charge in [-0.2, -0.15) is 14.4 Å². The fourth-order valence-corrected chi connectivity index (χ4v) is 5.45. The Kier molecular flexibility index (Phi) is 8.00. The molecule has 1 saturated carbocycles. The molecule has 12 heteroatoms. The van der Waals surface area contributed by atoms with E-state index in [-0.39, 0.29) is 40.9 Å². The van der Waals surface area contributed by atoms with Crippen LogP contribution in [0.1, 0.15) is 48.5 Å². The van der Waals surface area contributed by atoms with Gasteiger partial charge in [-0.15, -0.1) is 0 Å². The number of hydrogen-bond acceptors (Lipinski definition) is 6. The Morgan fingerprint density at radius 1 is 0.976 bits per heavy atom. The number of carboxylic acid groups (broad SMARTS) is 1. The Balaban J connectivity index is 1.55. The predicted octanol–water partition coefficient (Wildman–Crippen LogP) is 6.57. The zero-order valence-electron chi connectivity index (χ0n) is 22.3. The van der Waals surface area contributed by atoms with Gasteiger partial charge in [-0.05, 0) is 49.1 Å². The normalized spacial score (nSPS) is 14.7. The van der Waals surface area contributed by atoms with Crippen molar-refractivity contribution in [1.82, 2.24) is 14.5 Å². The number of pyridine rings is 1. The number of carboxylic acids is 1. The van der Waals surface area contributed by atoms with Crippen molar-refractivity contribution in [2.24, 2.45) is 5.92 Å². The van der Waals surface area contributed by atoms with E-state index in [9.17, 15) is 13.6 Å². The second-order valence-electron chi connectivity index (χ2n) is 9.81. The molecule has 2 aromatic carbocycles. The molecule has 0 saturated heterocycles. The first-order valence-corrected chi connectivity index (χ1v) is 13.0. The van der Waals surface area contributed by atoms with E-state index in [2.05, 4.69) is 9.97 Å². The van der Waals surface area contributed by atoms with Gasteiger partial charge in [0, 0.05) is 17.2 Å². The van der Waals surface area contributed by atoms with Crippen LogP contribution < -0.4 is 14.2 Å². The highest BCUT2D eigenvalue weighted by Crippen LogP contribution is 2.39. The molecule has 1 atom stereocenters. The van der Waals surface area contributed by atoms with Crippen molar-refractivity contribution in [2.45, 2.75) is 38.1 Å². The van der Waals surface area contributed by atoms with E-state index in [4.69, 9.17) is 19.3 Å². The zero-order chi connectivity index (χ0) is 29.3. The molecule has 41 heavy (non-hydrogen) atoms. The molecule has 0 spiro atoms. The van der Waals surface area contributed by atoms with Gasteiger partial charge in [0.2, 0.25) is 11.8 Å². The summed E-state index contributed by atoms with van der Waals surface area (Å²) in [6, 6.07) is 6.63. The second-order valence-corrected chi connectivity index (χ2v) is 9.81. The fraction of sp³-hybridized carbons (Fsp3) is 0.345. The summed E-state index contributed by atoms with van der Waals surface area (Å²) in [5.74, 6) is -5.23. The highest BCUT2D eigenvalue weighted by molar-refractivity contribution is 5.88. The van der Waals surface area contributed by atoms with Gasteiger partial charge in [0.1, 0.15) is 12.1 Å². The van der Waals surface area contributed by atoms with E-state index in [0.29, 0.717) is 30.5 Å². The van der Waals surface area contributed by atoms with Crippen LogP contribution in [0.4, 0.5) is 17.6 Å². The lowest BCUT2D eigenvalue weighted by Crippen LogP contribution is -2.28. The van der Waals surface area contributed by atoms with E-state index < -0.39 is 46.9 Å². The van der Waals surface area contributed by atoms with Crippen LogP contribution in [0.3, 0.4) is 0 Å². The maximum absolute atomic E-state index is 15.9. The second kappa shape index (κ2) is 11.6. The van der Waals surface area contributed by atoms with E-state index in [1.165, 1.54) is 30.9 Å². The number of aromatic nitrogens is 3. The lowest BCUT2D eigenvalue weighted by Gasteiger charge is -2.31. The molecule has 0 radical (unpaired) electrons. The number of carbonyl (C=O) groups is 1. The molecule has 1 fully saturated rings. The van der Waals surface area contributed by atoms with E-state index in [0.717, 1.165) is 19.3 Å². The van der Waals surface area contributed by atoms with Gasteiger partial charge in [0.05, 0.1) is 31.3 Å². The summed E-state index contributed by atoms with van der Waals surface area (Å²) in [5, 5.41) is 9.06. The number of hydrogen-bond donors (Lipinski definition) is 1. The summed E-state index contributed by atoms with van der Waals surface area (Å²) in [5.41, 5.74) is -0.266. The zero-order valence-corrected chi connectivity index (χ0v) is 22.3. The quantitative estimate of drug-likeness (QED) is 0.226. The Morgan fingerprint density at radius 3 is 2.29 bits per heavy atom. The minimum atomic E-state index is -1.49. The first-order chi connectivity index (χ1) is 19.7. The third kappa shape index (κ3) is 5.38. The standard InChI is InChI=1S/C29H27F4N3O5/c1-39-23-11-9-18(27(34-23)40-2)17-8-10-21-25(24(17)32)35-29(33)36(21)22(15-6-4-3-5-7-15)14-41-26-19(30)12-16(28(37)38)13-20(26)31/h8-13,15,22H,3-7,14H2,1-2H3,(H,37,38). The molecule has 0 amide bonds. The number of rotatable bonds is 9. The predicted molar refractivity (Wildman–Crippen MR) is 140 cm³/mol. The number of methoxy groups -OCH3 is 2. The number of fused-ring (bicyclic) bond motifs is 1. The number of ether oxygens (including phenoxy) is 3. The molecular formula is C29H27F4N3O5. The molecule has 4 aromatic rings. The van der Waals surface area contributed by atoms with Crippen molar-refractivity contribution in [2.75, 3.05) is 20.8 Å². The maximum Gasteiger partial charge on any atom is 0.335 e. The van der Waals surface area contributed by atoms with Crippen molar-refractivity contribution in [3.63, 3.8) is 0 Å². The largest absolute Gasteiger partial charge is 0.485 e. The Labute approximate surface area is 232 Å². The number of benzene rings is 2. The summed E-state index contributed by atoms with van der Waals surface area (Å²) >= 11 is 0. The van der Waals surface area contributed by atoms with Crippen LogP contribution in [0.5, 0.6) is 17.5 Å². The van der Waals surface area contributed by atoms with Crippen molar-refractivity contribution in [3.8, 4) is 28.6 Å². The van der Waals surface area contributed by atoms with Gasteiger partial charge in [-0.1, -0.05) is 19.3 Å². The van der Waals surface area contributed by atoms with Crippen LogP contribution >= 0.6 is 0 Å². The van der Waals surface area contributed by atoms with E-state index >= 15 is 8.78 Å². The molecule has 2 heterocycles. The van der Waals surface area contributed by atoms with Gasteiger partial charge in [-0.3, -0.25) is 4.57 Å². The average Bonchev–Trinajstić information content (AvgIpc) is 3.31. The van der Waals surface area contributed by atoms with Gasteiger partial charge in [0.15, 0.2) is 23.2 Å². The monoisotopic (exact) mass is 573 g/mol. The minimum Gasteiger partial charge on any atom is -0.485 e. The molecule has 2 aromatic heterocycles. The third-order valence-electron chi connectivity index (χ3n) is 7.45. The van der Waals surface area contributed by atoms with E-state index in [1.807, 2.05) is 0 Å². The maximum atomic E-state index is 15.9. The highest BCUT2D eigenvalue weighted by atomic mass is 19.1. The molecule has 216 valence electrons. The first-order valence-electron chi connectivity index (χ1n) is 13.0. The van der Waals surface area contributed by atoms with Gasteiger partial charge in [-0.25, -0.2) is 18.0 Å². The lowest BCUT2D eigenvalue weighted by molar-refractivity contribution is 0.0695. The molecule has 8 nitrogen and oxygen atoms in total. The summed E-state index contributed by atoms with van der Waals surface area (Å²) < 4.78 is 77.8. The van der Waals surface area contributed by atoms with Gasteiger partial charge >= 0.3 is 5.97 Å². The Morgan fingerprint density at radius 2 is 1.66 bits per heavy atom. The summed E-state index contributed by atoms with van der Waals surface area (Å²) in [6.45, 7) is -0.354. The van der Waals surface area contributed by atoms with Gasteiger partial charge in [0.25, 0.3) is 6.08 Å². The molecule has 0 bridgehead atoms. The van der Waals surface area contributed by atoms with Crippen molar-refractivity contribution < 1.29 is 41.7 Å².